The highest BCUT2D eigenvalue weighted by molar-refractivity contribution is 5.78. The summed E-state index contributed by atoms with van der Waals surface area (Å²) in [4.78, 5) is 18.2. The fourth-order valence-corrected chi connectivity index (χ4v) is 9.56. The number of amides is 1. The number of carbonyl (C=O) groups is 1. The molecule has 3 aliphatic heterocycles. The zero-order valence-corrected chi connectivity index (χ0v) is 42.6. The maximum Gasteiger partial charge on any atom is 0.211 e. The minimum absolute atomic E-state index is 0.148. The summed E-state index contributed by atoms with van der Waals surface area (Å²) in [5, 5.41) is 30.7. The zero-order chi connectivity index (χ0) is 50.0. The average molecular weight is 939 g/mol. The van der Waals surface area contributed by atoms with Crippen LogP contribution in [0.25, 0.3) is 0 Å². The van der Waals surface area contributed by atoms with Crippen molar-refractivity contribution in [3.63, 3.8) is 0 Å². The normalized spacial score (nSPS) is 16.5. The Bertz CT molecular complexity index is 2210. The van der Waals surface area contributed by atoms with E-state index in [1.54, 1.807) is 7.11 Å². The number of ether oxygens (including phenoxy) is 1. The van der Waals surface area contributed by atoms with Gasteiger partial charge in [-0.1, -0.05) is 51.8 Å². The number of rotatable bonds is 21. The fraction of sp³-hybridized carbons (Fsp3) is 0.431. The minimum atomic E-state index is 0.148. The molecule has 2 saturated heterocycles. The van der Waals surface area contributed by atoms with Crippen LogP contribution < -0.4 is 35.8 Å². The first kappa shape index (κ1) is 55.2. The molecule has 11 nitrogen and oxygen atoms in total. The molecule has 6 rings (SSSR count). The Labute approximate surface area is 415 Å². The molecular weight excluding hydrogens is 857 g/mol. The third kappa shape index (κ3) is 16.9. The van der Waals surface area contributed by atoms with E-state index in [2.05, 4.69) is 137 Å². The largest absolute Gasteiger partial charge is 0.513 e. The number of benzene rings is 3. The molecule has 3 aliphatic rings. The maximum absolute atomic E-state index is 10.9. The number of aliphatic hydroxyl groups excluding tert-OH is 1. The Hall–Kier alpha value is -6.42. The predicted octanol–water partition coefficient (Wildman–Crippen LogP) is 11.6. The van der Waals surface area contributed by atoms with Crippen molar-refractivity contribution in [3.05, 3.63) is 156 Å². The molecule has 2 fully saturated rings. The van der Waals surface area contributed by atoms with Crippen LogP contribution in [0.3, 0.4) is 0 Å². The number of nitrogens with one attached hydrogen (secondary N) is 5. The molecule has 0 aromatic heterocycles. The summed E-state index contributed by atoms with van der Waals surface area (Å²) in [6, 6.07) is 23.4. The van der Waals surface area contributed by atoms with Crippen LogP contribution in [0.5, 0.6) is 5.75 Å². The van der Waals surface area contributed by atoms with Gasteiger partial charge in [0.25, 0.3) is 0 Å². The van der Waals surface area contributed by atoms with Gasteiger partial charge >= 0.3 is 0 Å². The highest BCUT2D eigenvalue weighted by Crippen LogP contribution is 2.36. The first-order valence-corrected chi connectivity index (χ1v) is 24.9. The van der Waals surface area contributed by atoms with Gasteiger partial charge in [0.2, 0.25) is 6.41 Å². The van der Waals surface area contributed by atoms with Gasteiger partial charge in [0.05, 0.1) is 12.8 Å². The van der Waals surface area contributed by atoms with Gasteiger partial charge in [-0.05, 0) is 191 Å². The Morgan fingerprint density at radius 1 is 0.928 bits per heavy atom. The summed E-state index contributed by atoms with van der Waals surface area (Å²) >= 11 is 0. The number of aryl methyl sites for hydroxylation is 2. The van der Waals surface area contributed by atoms with Crippen LogP contribution in [-0.4, -0.2) is 89.1 Å². The Morgan fingerprint density at radius 3 is 2.09 bits per heavy atom. The van der Waals surface area contributed by atoms with Gasteiger partial charge in [-0.25, -0.2) is 0 Å². The van der Waals surface area contributed by atoms with Crippen LogP contribution in [0.4, 0.5) is 22.7 Å². The Balaban J connectivity index is 0.000000551. The number of hydrogen-bond acceptors (Lipinski definition) is 10. The van der Waals surface area contributed by atoms with E-state index in [0.29, 0.717) is 6.54 Å². The zero-order valence-electron chi connectivity index (χ0n) is 42.6. The van der Waals surface area contributed by atoms with Crippen molar-refractivity contribution in [3.8, 4) is 5.75 Å². The highest BCUT2D eigenvalue weighted by Gasteiger charge is 2.30. The van der Waals surface area contributed by atoms with E-state index in [-0.39, 0.29) is 5.92 Å². The van der Waals surface area contributed by atoms with E-state index in [1.165, 1.54) is 60.8 Å². The summed E-state index contributed by atoms with van der Waals surface area (Å²) in [6.07, 6.45) is 18.6. The number of anilines is 4. The maximum atomic E-state index is 10.9. The number of allylic oxidation sites excluding steroid dienone is 3. The van der Waals surface area contributed by atoms with E-state index in [1.807, 2.05) is 44.4 Å². The molecule has 3 heterocycles. The molecule has 0 saturated carbocycles. The monoisotopic (exact) mass is 939 g/mol. The molecule has 0 aliphatic carbocycles. The van der Waals surface area contributed by atoms with E-state index >= 15 is 0 Å². The van der Waals surface area contributed by atoms with Crippen LogP contribution in [0, 0.1) is 30.1 Å². The van der Waals surface area contributed by atoms with Crippen molar-refractivity contribution >= 4 is 35.4 Å². The average Bonchev–Trinajstić information content (AvgIpc) is 3.38. The second-order valence-corrected chi connectivity index (χ2v) is 18.1. The van der Waals surface area contributed by atoms with E-state index in [4.69, 9.17) is 10.1 Å². The first-order chi connectivity index (χ1) is 33.6. The van der Waals surface area contributed by atoms with Crippen molar-refractivity contribution in [1.29, 1.82) is 5.41 Å². The lowest BCUT2D eigenvalue weighted by Crippen LogP contribution is -2.41. The lowest BCUT2D eigenvalue weighted by molar-refractivity contribution is -0.105. The molecular formula is C58H82N8O3. The van der Waals surface area contributed by atoms with Gasteiger partial charge in [0.15, 0.2) is 0 Å². The third-order valence-electron chi connectivity index (χ3n) is 13.6. The van der Waals surface area contributed by atoms with E-state index < -0.39 is 0 Å². The number of carbonyl (C=O) groups excluding carboxylic acids is 1. The fourth-order valence-electron chi connectivity index (χ4n) is 9.56. The first-order valence-electron chi connectivity index (χ1n) is 24.9. The molecule has 69 heavy (non-hydrogen) atoms. The SMILES string of the molecule is C=C/C(=C(C)\C(=C\O)NCCC)N1CCC(C=N)=C(C(C)/C=C/Nc2ccc(N3CCC(C4CCN(c5ccc(NC=O)c(C)c5)CC4)CC3)cc2)C1.C=C=C.CNCCCc1ccc(OC)cc1. The van der Waals surface area contributed by atoms with Crippen LogP contribution in [0.1, 0.15) is 76.8 Å². The lowest BCUT2D eigenvalue weighted by atomic mass is 9.78. The van der Waals surface area contributed by atoms with Crippen LogP contribution in [-0.2, 0) is 11.2 Å². The van der Waals surface area contributed by atoms with Gasteiger partial charge in [-0.3, -0.25) is 4.79 Å². The summed E-state index contributed by atoms with van der Waals surface area (Å²) in [5.41, 5.74) is 14.2. The number of methoxy groups -OCH3 is 1. The molecule has 1 atom stereocenters. The molecule has 0 bridgehead atoms. The summed E-state index contributed by atoms with van der Waals surface area (Å²) < 4.78 is 5.08. The standard InChI is InChI=1S/C44H61N7O2.C11H17NO.C3H4/c1-6-20-47-43(30-52)34(5)44(7-2)51-26-19-37(28-45)41(29-51)32(3)14-21-46-38-8-10-39(11-9-38)49-22-15-35(16-23-49)36-17-24-50(25-18-36)40-12-13-42(48-31-53)33(4)27-40;1-12-9-3-4-10-5-7-11(13-2)8-6-10;1-3-2/h7-14,21,27-28,30-32,35-36,45-47,52H,2,6,15-20,22-26,29H2,1,3-5H3,(H,48,53);5-8,12H,3-4,9H2,1-2H3;1-2H2/b21-14+,43-30-,44-34+,45-28?;;. The summed E-state index contributed by atoms with van der Waals surface area (Å²) in [7, 11) is 3.67. The van der Waals surface area contributed by atoms with Crippen molar-refractivity contribution in [2.24, 2.45) is 17.8 Å². The minimum Gasteiger partial charge on any atom is -0.513 e. The molecule has 1 unspecified atom stereocenters. The molecule has 11 heteroatoms. The summed E-state index contributed by atoms with van der Waals surface area (Å²) in [5.74, 6) is 2.66. The third-order valence-corrected chi connectivity index (χ3v) is 13.6. The second-order valence-electron chi connectivity index (χ2n) is 18.1. The molecule has 3 aromatic rings. The molecule has 372 valence electrons. The Morgan fingerprint density at radius 2 is 1.55 bits per heavy atom. The van der Waals surface area contributed by atoms with Gasteiger partial charge in [0.1, 0.15) is 12.0 Å². The van der Waals surface area contributed by atoms with Gasteiger partial charge in [0, 0.05) is 80.5 Å². The quantitative estimate of drug-likeness (QED) is 0.0154. The highest BCUT2D eigenvalue weighted by atomic mass is 16.5. The van der Waals surface area contributed by atoms with Crippen molar-refractivity contribution in [2.45, 2.75) is 79.1 Å². The molecule has 0 spiro atoms. The second kappa shape index (κ2) is 30.1. The van der Waals surface area contributed by atoms with Gasteiger partial charge in [-0.2, -0.15) is 0 Å². The van der Waals surface area contributed by atoms with Gasteiger partial charge in [-0.15, -0.1) is 5.73 Å². The number of aliphatic hydroxyl groups is 1. The lowest BCUT2D eigenvalue weighted by Gasteiger charge is -2.41. The van der Waals surface area contributed by atoms with Crippen molar-refractivity contribution in [1.82, 2.24) is 15.5 Å². The van der Waals surface area contributed by atoms with Crippen LogP contribution in [0.2, 0.25) is 0 Å². The predicted molar refractivity (Wildman–Crippen MR) is 293 cm³/mol. The summed E-state index contributed by atoms with van der Waals surface area (Å²) in [6.45, 7) is 26.5. The molecule has 1 amide bonds. The molecule has 6 N–H and O–H groups in total. The smallest absolute Gasteiger partial charge is 0.211 e. The number of piperidine rings is 2. The van der Waals surface area contributed by atoms with Crippen LogP contribution in [0.15, 0.2) is 145 Å². The van der Waals surface area contributed by atoms with Crippen molar-refractivity contribution < 1.29 is 14.6 Å². The van der Waals surface area contributed by atoms with Crippen LogP contribution >= 0.6 is 0 Å². The van der Waals surface area contributed by atoms with Gasteiger partial charge < -0.3 is 51.2 Å². The van der Waals surface area contributed by atoms with Crippen molar-refractivity contribution in [2.75, 3.05) is 86.9 Å². The molecule has 3 aromatic carbocycles. The topological polar surface area (TPSA) is 128 Å². The van der Waals surface area contributed by atoms with E-state index in [9.17, 15) is 9.90 Å². The number of hydrogen-bond donors (Lipinski definition) is 6. The Kier molecular flexibility index (Phi) is 24.1. The molecule has 0 radical (unpaired) electrons. The number of nitrogens with zero attached hydrogens (tertiary/aromatic N) is 3. The van der Waals surface area contributed by atoms with E-state index in [0.717, 1.165) is 135 Å².